The number of aromatic amines is 1. The number of hydrogen-bond donors (Lipinski definition) is 3. The summed E-state index contributed by atoms with van der Waals surface area (Å²) in [4.78, 5) is 13.6. The number of amides is 1. The Balaban J connectivity index is 1.87. The lowest BCUT2D eigenvalue weighted by molar-refractivity contribution is 0.0946. The van der Waals surface area contributed by atoms with Crippen molar-refractivity contribution in [2.45, 2.75) is 13.0 Å². The van der Waals surface area contributed by atoms with Crippen LogP contribution in [0.5, 0.6) is 0 Å². The van der Waals surface area contributed by atoms with Crippen molar-refractivity contribution in [1.29, 1.82) is 0 Å². The van der Waals surface area contributed by atoms with E-state index in [2.05, 4.69) is 27.4 Å². The predicted molar refractivity (Wildman–Crippen MR) is 72.7 cm³/mol. The fraction of sp³-hybridized carbons (Fsp3) is 0.231. The lowest BCUT2D eigenvalue weighted by atomic mass is 10.3. The predicted octanol–water partition coefficient (Wildman–Crippen LogP) is 1.14. The van der Waals surface area contributed by atoms with Gasteiger partial charge in [0.15, 0.2) is 0 Å². The average molecular weight is 275 g/mol. The average Bonchev–Trinajstić information content (AvgIpc) is 3.08. The first kappa shape index (κ1) is 13.3. The van der Waals surface area contributed by atoms with Gasteiger partial charge in [-0.05, 0) is 18.2 Å². The SMILES string of the molecule is O=C(NCc1ccc(C#CCCO)s1)c1ccn[nH]1. The fourth-order valence-electron chi connectivity index (χ4n) is 1.39. The molecule has 5 nitrogen and oxygen atoms in total. The highest BCUT2D eigenvalue weighted by molar-refractivity contribution is 7.12. The summed E-state index contributed by atoms with van der Waals surface area (Å²) in [7, 11) is 0. The number of carbonyl (C=O) groups is 1. The Hall–Kier alpha value is -2.10. The standard InChI is InChI=1S/C13H13N3O2S/c17-8-2-1-3-10-4-5-11(19-10)9-14-13(18)12-6-7-15-16-12/h4-7,17H,2,8-9H2,(H,14,18)(H,15,16). The minimum Gasteiger partial charge on any atom is -0.395 e. The van der Waals surface area contributed by atoms with Crippen molar-refractivity contribution in [2.24, 2.45) is 0 Å². The summed E-state index contributed by atoms with van der Waals surface area (Å²) in [5.41, 5.74) is 0.444. The van der Waals surface area contributed by atoms with Crippen molar-refractivity contribution in [3.8, 4) is 11.8 Å². The zero-order valence-corrected chi connectivity index (χ0v) is 11.0. The van der Waals surface area contributed by atoms with Gasteiger partial charge < -0.3 is 10.4 Å². The van der Waals surface area contributed by atoms with E-state index in [9.17, 15) is 4.79 Å². The molecule has 0 spiro atoms. The van der Waals surface area contributed by atoms with Crippen molar-refractivity contribution >= 4 is 17.2 Å². The summed E-state index contributed by atoms with van der Waals surface area (Å²) in [6.45, 7) is 0.537. The second kappa shape index (κ2) is 6.73. The van der Waals surface area contributed by atoms with Crippen molar-refractivity contribution in [1.82, 2.24) is 15.5 Å². The number of carbonyl (C=O) groups excluding carboxylic acids is 1. The highest BCUT2D eigenvalue weighted by atomic mass is 32.1. The van der Waals surface area contributed by atoms with E-state index in [1.54, 1.807) is 6.07 Å². The lowest BCUT2D eigenvalue weighted by Crippen LogP contribution is -2.22. The van der Waals surface area contributed by atoms with Gasteiger partial charge in [-0.15, -0.1) is 11.3 Å². The molecule has 0 fully saturated rings. The Morgan fingerprint density at radius 1 is 1.47 bits per heavy atom. The van der Waals surface area contributed by atoms with Crippen LogP contribution in [0.15, 0.2) is 24.4 Å². The number of aliphatic hydroxyl groups excluding tert-OH is 1. The third-order valence-corrected chi connectivity index (χ3v) is 3.28. The maximum Gasteiger partial charge on any atom is 0.269 e. The van der Waals surface area contributed by atoms with Gasteiger partial charge in [-0.1, -0.05) is 11.8 Å². The van der Waals surface area contributed by atoms with E-state index in [-0.39, 0.29) is 12.5 Å². The van der Waals surface area contributed by atoms with Gasteiger partial charge in [0.05, 0.1) is 18.0 Å². The van der Waals surface area contributed by atoms with E-state index in [0.29, 0.717) is 18.7 Å². The van der Waals surface area contributed by atoms with Gasteiger partial charge in [0, 0.05) is 17.5 Å². The monoisotopic (exact) mass is 275 g/mol. The minimum absolute atomic E-state index is 0.0749. The third kappa shape index (κ3) is 3.95. The number of thiophene rings is 1. The van der Waals surface area contributed by atoms with Gasteiger partial charge in [-0.25, -0.2) is 0 Å². The van der Waals surface area contributed by atoms with Crippen molar-refractivity contribution in [2.75, 3.05) is 6.61 Å². The molecule has 0 atom stereocenters. The Morgan fingerprint density at radius 2 is 2.37 bits per heavy atom. The van der Waals surface area contributed by atoms with Gasteiger partial charge in [-0.2, -0.15) is 5.10 Å². The minimum atomic E-state index is -0.182. The largest absolute Gasteiger partial charge is 0.395 e. The van der Waals surface area contributed by atoms with Gasteiger partial charge in [0.25, 0.3) is 5.91 Å². The Morgan fingerprint density at radius 3 is 3.11 bits per heavy atom. The van der Waals surface area contributed by atoms with Gasteiger partial charge in [0.1, 0.15) is 5.69 Å². The molecule has 2 aromatic heterocycles. The molecule has 1 amide bonds. The number of nitrogens with zero attached hydrogens (tertiary/aromatic N) is 1. The zero-order valence-electron chi connectivity index (χ0n) is 10.1. The number of aromatic nitrogens is 2. The van der Waals surface area contributed by atoms with Crippen molar-refractivity contribution in [3.63, 3.8) is 0 Å². The first-order valence-electron chi connectivity index (χ1n) is 5.75. The van der Waals surface area contributed by atoms with Gasteiger partial charge in [-0.3, -0.25) is 9.89 Å². The van der Waals surface area contributed by atoms with Crippen LogP contribution in [-0.4, -0.2) is 27.8 Å². The topological polar surface area (TPSA) is 78.0 Å². The number of nitrogens with one attached hydrogen (secondary N) is 2. The summed E-state index contributed by atoms with van der Waals surface area (Å²) >= 11 is 1.53. The molecular formula is C13H13N3O2S. The summed E-state index contributed by atoms with van der Waals surface area (Å²) in [6.07, 6.45) is 2.01. The molecule has 6 heteroatoms. The lowest BCUT2D eigenvalue weighted by Gasteiger charge is -2.00. The zero-order chi connectivity index (χ0) is 13.5. The fourth-order valence-corrected chi connectivity index (χ4v) is 2.21. The molecule has 0 aliphatic rings. The molecule has 19 heavy (non-hydrogen) atoms. The molecular weight excluding hydrogens is 262 g/mol. The molecule has 2 heterocycles. The molecule has 3 N–H and O–H groups in total. The van der Waals surface area contributed by atoms with Crippen LogP contribution >= 0.6 is 11.3 Å². The van der Waals surface area contributed by atoms with E-state index in [0.717, 1.165) is 9.75 Å². The van der Waals surface area contributed by atoms with Crippen LogP contribution in [0.4, 0.5) is 0 Å². The maximum absolute atomic E-state index is 11.7. The maximum atomic E-state index is 11.7. The highest BCUT2D eigenvalue weighted by Crippen LogP contribution is 2.15. The van der Waals surface area contributed by atoms with Crippen molar-refractivity contribution in [3.05, 3.63) is 39.8 Å². The number of aliphatic hydroxyl groups is 1. The molecule has 0 aliphatic carbocycles. The van der Waals surface area contributed by atoms with Gasteiger partial charge in [0.2, 0.25) is 0 Å². The normalized spacial score (nSPS) is 9.74. The Labute approximate surface area is 114 Å². The first-order valence-corrected chi connectivity index (χ1v) is 6.57. The number of H-pyrrole nitrogens is 1. The first-order chi connectivity index (χ1) is 9.29. The number of rotatable bonds is 4. The van der Waals surface area contributed by atoms with Gasteiger partial charge >= 0.3 is 0 Å². The van der Waals surface area contributed by atoms with E-state index < -0.39 is 0 Å². The van der Waals surface area contributed by atoms with E-state index in [1.807, 2.05) is 12.1 Å². The quantitative estimate of drug-likeness (QED) is 0.732. The molecule has 0 saturated carbocycles. The van der Waals surface area contributed by atoms with Crippen molar-refractivity contribution < 1.29 is 9.90 Å². The summed E-state index contributed by atoms with van der Waals surface area (Å²) in [6, 6.07) is 5.46. The van der Waals surface area contributed by atoms with Crippen LogP contribution in [0.1, 0.15) is 26.7 Å². The second-order valence-corrected chi connectivity index (χ2v) is 4.86. The molecule has 0 saturated heterocycles. The van der Waals surface area contributed by atoms with Crippen LogP contribution in [0, 0.1) is 11.8 Å². The van der Waals surface area contributed by atoms with Crippen LogP contribution < -0.4 is 5.32 Å². The molecule has 98 valence electrons. The smallest absolute Gasteiger partial charge is 0.269 e. The van der Waals surface area contributed by atoms with Crippen LogP contribution in [-0.2, 0) is 6.54 Å². The summed E-state index contributed by atoms with van der Waals surface area (Å²) in [5, 5.41) is 17.8. The second-order valence-electron chi connectivity index (χ2n) is 3.69. The Bertz CT molecular complexity index is 593. The molecule has 0 aliphatic heterocycles. The van der Waals surface area contributed by atoms with E-state index in [4.69, 9.17) is 5.11 Å². The molecule has 0 aromatic carbocycles. The molecule has 0 unspecified atom stereocenters. The Kier molecular flexibility index (Phi) is 4.72. The van der Waals surface area contributed by atoms with E-state index >= 15 is 0 Å². The highest BCUT2D eigenvalue weighted by Gasteiger charge is 2.06. The molecule has 2 aromatic rings. The van der Waals surface area contributed by atoms with Crippen LogP contribution in [0.2, 0.25) is 0 Å². The third-order valence-electron chi connectivity index (χ3n) is 2.28. The van der Waals surface area contributed by atoms with Crippen LogP contribution in [0.3, 0.4) is 0 Å². The molecule has 0 bridgehead atoms. The van der Waals surface area contributed by atoms with E-state index in [1.165, 1.54) is 17.5 Å². The summed E-state index contributed by atoms with van der Waals surface area (Å²) in [5.74, 6) is 5.64. The number of hydrogen-bond acceptors (Lipinski definition) is 4. The summed E-state index contributed by atoms with van der Waals surface area (Å²) < 4.78 is 0. The molecule has 2 rings (SSSR count). The molecule has 0 radical (unpaired) electrons. The van der Waals surface area contributed by atoms with Crippen LogP contribution in [0.25, 0.3) is 0 Å².